The summed E-state index contributed by atoms with van der Waals surface area (Å²) in [6.07, 6.45) is 6.53. The summed E-state index contributed by atoms with van der Waals surface area (Å²) in [5, 5.41) is 0.293. The molecular weight excluding hydrogens is 143 g/mol. The Labute approximate surface area is 78.2 Å². The lowest BCUT2D eigenvalue weighted by atomic mass is 9.58. The second kappa shape index (κ2) is 4.54. The van der Waals surface area contributed by atoms with Crippen LogP contribution < -0.4 is 0 Å². The number of allylic oxidation sites excluding steroid dienone is 4. The molecule has 0 aliphatic rings. The van der Waals surface area contributed by atoms with E-state index >= 15 is 0 Å². The fraction of sp³-hybridized carbons (Fsp3) is 0.636. The van der Waals surface area contributed by atoms with Crippen molar-refractivity contribution in [3.8, 4) is 0 Å². The van der Waals surface area contributed by atoms with Crippen molar-refractivity contribution in [2.24, 2.45) is 5.92 Å². The van der Waals surface area contributed by atoms with E-state index in [2.05, 4.69) is 60.7 Å². The van der Waals surface area contributed by atoms with Gasteiger partial charge >= 0.3 is 0 Å². The molecule has 0 saturated carbocycles. The zero-order valence-corrected chi connectivity index (χ0v) is 9.31. The molecule has 0 N–H and O–H groups in total. The Kier molecular flexibility index (Phi) is 4.37. The van der Waals surface area contributed by atoms with E-state index in [1.807, 2.05) is 0 Å². The van der Waals surface area contributed by atoms with E-state index in [-0.39, 0.29) is 0 Å². The van der Waals surface area contributed by atoms with Crippen molar-refractivity contribution in [1.29, 1.82) is 0 Å². The molecule has 0 radical (unpaired) electrons. The molecule has 0 aromatic rings. The van der Waals surface area contributed by atoms with Crippen LogP contribution in [0.4, 0.5) is 0 Å². The van der Waals surface area contributed by atoms with Gasteiger partial charge in [-0.1, -0.05) is 44.6 Å². The largest absolute Gasteiger partial charge is 0.115 e. The first-order chi connectivity index (χ1) is 5.46. The molecule has 12 heavy (non-hydrogen) atoms. The highest BCUT2D eigenvalue weighted by molar-refractivity contribution is 6.17. The van der Waals surface area contributed by atoms with Crippen LogP contribution in [0, 0.1) is 5.92 Å². The Morgan fingerprint density at radius 3 is 2.08 bits per heavy atom. The summed E-state index contributed by atoms with van der Waals surface area (Å²) in [5.41, 5.74) is 1.43. The molecule has 0 aliphatic heterocycles. The molecule has 1 heteroatoms. The van der Waals surface area contributed by atoms with Gasteiger partial charge in [-0.25, -0.2) is 0 Å². The minimum absolute atomic E-state index is 0.293. The molecule has 0 aromatic carbocycles. The quantitative estimate of drug-likeness (QED) is 0.444. The van der Waals surface area contributed by atoms with Gasteiger partial charge < -0.3 is 0 Å². The van der Waals surface area contributed by atoms with Crippen LogP contribution in [0.5, 0.6) is 0 Å². The highest BCUT2D eigenvalue weighted by atomic mass is 14.2. The van der Waals surface area contributed by atoms with Crippen molar-refractivity contribution in [2.75, 3.05) is 0 Å². The second-order valence-electron chi connectivity index (χ2n) is 4.12. The Morgan fingerprint density at radius 2 is 1.83 bits per heavy atom. The Morgan fingerprint density at radius 1 is 1.33 bits per heavy atom. The van der Waals surface area contributed by atoms with Gasteiger partial charge in [0.05, 0.1) is 0 Å². The summed E-state index contributed by atoms with van der Waals surface area (Å²) in [7, 11) is 2.30. The minimum atomic E-state index is 0.293. The molecule has 0 rings (SSSR count). The van der Waals surface area contributed by atoms with Gasteiger partial charge in [0.25, 0.3) is 0 Å². The average molecular weight is 164 g/mol. The van der Waals surface area contributed by atoms with Crippen molar-refractivity contribution >= 4 is 7.85 Å². The average Bonchev–Trinajstić information content (AvgIpc) is 1.99. The van der Waals surface area contributed by atoms with Crippen LogP contribution in [-0.4, -0.2) is 7.85 Å². The topological polar surface area (TPSA) is 0 Å². The molecule has 0 saturated heterocycles. The molecule has 1 atom stereocenters. The fourth-order valence-electron chi connectivity index (χ4n) is 1.20. The van der Waals surface area contributed by atoms with Crippen molar-refractivity contribution in [2.45, 2.75) is 39.9 Å². The summed E-state index contributed by atoms with van der Waals surface area (Å²) in [5.74, 6) is 0.680. The molecular formula is C11H21B. The van der Waals surface area contributed by atoms with Crippen LogP contribution in [0.1, 0.15) is 34.6 Å². The highest BCUT2D eigenvalue weighted by Crippen LogP contribution is 2.39. The lowest BCUT2D eigenvalue weighted by Gasteiger charge is -2.31. The van der Waals surface area contributed by atoms with Gasteiger partial charge in [-0.3, -0.25) is 0 Å². The molecule has 68 valence electrons. The van der Waals surface area contributed by atoms with E-state index in [4.69, 9.17) is 0 Å². The molecule has 0 aromatic heterocycles. The molecule has 0 spiro atoms. The van der Waals surface area contributed by atoms with Crippen LogP contribution in [0.3, 0.4) is 0 Å². The maximum atomic E-state index is 2.30. The summed E-state index contributed by atoms with van der Waals surface area (Å²) >= 11 is 0. The van der Waals surface area contributed by atoms with Crippen molar-refractivity contribution in [3.05, 3.63) is 23.8 Å². The van der Waals surface area contributed by atoms with E-state index in [1.165, 1.54) is 5.57 Å². The van der Waals surface area contributed by atoms with E-state index in [0.29, 0.717) is 11.2 Å². The maximum Gasteiger partial charge on any atom is 0.115 e. The zero-order chi connectivity index (χ0) is 9.78. The van der Waals surface area contributed by atoms with E-state index in [9.17, 15) is 0 Å². The van der Waals surface area contributed by atoms with Crippen LogP contribution in [0.25, 0.3) is 0 Å². The first-order valence-electron chi connectivity index (χ1n) is 4.76. The smallest absolute Gasteiger partial charge is 0.0874 e. The molecule has 0 amide bonds. The Bertz CT molecular complexity index is 185. The third-order valence-corrected chi connectivity index (χ3v) is 2.84. The predicted octanol–water partition coefficient (Wildman–Crippen LogP) is 2.98. The molecule has 0 nitrogen and oxygen atoms in total. The van der Waals surface area contributed by atoms with E-state index in [1.54, 1.807) is 0 Å². The Balaban J connectivity index is 4.73. The van der Waals surface area contributed by atoms with Gasteiger partial charge in [-0.05, 0) is 25.1 Å². The number of rotatable bonds is 3. The van der Waals surface area contributed by atoms with Crippen molar-refractivity contribution < 1.29 is 0 Å². The number of hydrogen-bond donors (Lipinski definition) is 0. The number of hydrogen-bond acceptors (Lipinski definition) is 0. The predicted molar refractivity (Wildman–Crippen MR) is 60.3 cm³/mol. The van der Waals surface area contributed by atoms with Crippen LogP contribution in [0.2, 0.25) is 5.31 Å². The molecule has 0 heterocycles. The Hall–Kier alpha value is -0.455. The van der Waals surface area contributed by atoms with Gasteiger partial charge in [0.1, 0.15) is 7.85 Å². The normalized spacial score (nSPS) is 18.7. The molecule has 0 bridgehead atoms. The summed E-state index contributed by atoms with van der Waals surface area (Å²) in [4.78, 5) is 0. The van der Waals surface area contributed by atoms with Crippen LogP contribution >= 0.6 is 0 Å². The lowest BCUT2D eigenvalue weighted by Crippen LogP contribution is -2.17. The van der Waals surface area contributed by atoms with Gasteiger partial charge in [-0.15, -0.1) is 0 Å². The second-order valence-corrected chi connectivity index (χ2v) is 4.12. The maximum absolute atomic E-state index is 2.30. The summed E-state index contributed by atoms with van der Waals surface area (Å²) in [6.45, 7) is 11.0. The monoisotopic (exact) mass is 164 g/mol. The zero-order valence-electron chi connectivity index (χ0n) is 9.31. The highest BCUT2D eigenvalue weighted by Gasteiger charge is 2.24. The molecule has 0 aliphatic carbocycles. The first-order valence-corrected chi connectivity index (χ1v) is 4.76. The standard InChI is InChI=1S/C11H21B/c1-6-8-10(7-2)11(5,12)9(3)4/h6-9H,12H2,1-5H3/b8-6-,10-7+. The summed E-state index contributed by atoms with van der Waals surface area (Å²) in [6, 6.07) is 0. The van der Waals surface area contributed by atoms with Gasteiger partial charge in [-0.2, -0.15) is 0 Å². The van der Waals surface area contributed by atoms with Crippen molar-refractivity contribution in [1.82, 2.24) is 0 Å². The minimum Gasteiger partial charge on any atom is -0.0874 e. The van der Waals surface area contributed by atoms with Crippen molar-refractivity contribution in [3.63, 3.8) is 0 Å². The fourth-order valence-corrected chi connectivity index (χ4v) is 1.20. The van der Waals surface area contributed by atoms with Gasteiger partial charge in [0.15, 0.2) is 0 Å². The molecule has 1 unspecified atom stereocenters. The van der Waals surface area contributed by atoms with Gasteiger partial charge in [0, 0.05) is 0 Å². The SMILES string of the molecule is BC(C)(C(/C=C\C)=C/C)C(C)C. The lowest BCUT2D eigenvalue weighted by molar-refractivity contribution is 0.509. The van der Waals surface area contributed by atoms with Crippen LogP contribution in [0.15, 0.2) is 23.8 Å². The van der Waals surface area contributed by atoms with Gasteiger partial charge in [0.2, 0.25) is 0 Å². The summed E-state index contributed by atoms with van der Waals surface area (Å²) < 4.78 is 0. The third-order valence-electron chi connectivity index (χ3n) is 2.84. The van der Waals surface area contributed by atoms with E-state index < -0.39 is 0 Å². The molecule has 0 fully saturated rings. The first kappa shape index (κ1) is 11.5. The van der Waals surface area contributed by atoms with Crippen LogP contribution in [-0.2, 0) is 0 Å². The van der Waals surface area contributed by atoms with E-state index in [0.717, 1.165) is 0 Å². The third kappa shape index (κ3) is 2.55.